The molecule has 4 rings (SSSR count). The zero-order chi connectivity index (χ0) is 18.2. The Kier molecular flexibility index (Phi) is 7.72. The molecule has 1 aromatic carbocycles. The molecule has 0 saturated carbocycles. The summed E-state index contributed by atoms with van der Waals surface area (Å²) in [4.78, 5) is 16.7. The van der Waals surface area contributed by atoms with E-state index in [1.54, 1.807) is 0 Å². The van der Waals surface area contributed by atoms with Gasteiger partial charge in [-0.3, -0.25) is 4.79 Å². The highest BCUT2D eigenvalue weighted by Gasteiger charge is 2.28. The standard InChI is InChI=1S/C15H17IN2O2.C4H9NO/c16-12-3-5-13(6-4-12)18-7-1-2-14(15(18)19)17-8-10-20-11-9-17;1-3-6-4-2-5-1/h2-6H,1,7-11H2;5H,1-4H2. The van der Waals surface area contributed by atoms with Crippen LogP contribution in [-0.4, -0.2) is 70.0 Å². The highest BCUT2D eigenvalue weighted by Crippen LogP contribution is 2.24. The number of carbonyl (C=O) groups is 1. The van der Waals surface area contributed by atoms with Gasteiger partial charge in [0.05, 0.1) is 32.1 Å². The Morgan fingerprint density at radius 1 is 0.923 bits per heavy atom. The first kappa shape index (κ1) is 19.6. The predicted octanol–water partition coefficient (Wildman–Crippen LogP) is 1.85. The number of amides is 1. The molecule has 0 aliphatic carbocycles. The van der Waals surface area contributed by atoms with Crippen LogP contribution in [0.4, 0.5) is 5.69 Å². The van der Waals surface area contributed by atoms with Gasteiger partial charge in [0.1, 0.15) is 0 Å². The monoisotopic (exact) mass is 471 g/mol. The van der Waals surface area contributed by atoms with Gasteiger partial charge in [0.25, 0.3) is 5.91 Å². The summed E-state index contributed by atoms with van der Waals surface area (Å²) in [6.07, 6.45) is 2.97. The van der Waals surface area contributed by atoms with E-state index in [2.05, 4.69) is 38.9 Å². The van der Waals surface area contributed by atoms with Gasteiger partial charge < -0.3 is 24.6 Å². The summed E-state index contributed by atoms with van der Waals surface area (Å²) in [5, 5.41) is 3.16. The lowest BCUT2D eigenvalue weighted by Crippen LogP contribution is -2.45. The van der Waals surface area contributed by atoms with Crippen LogP contribution in [0.5, 0.6) is 0 Å². The van der Waals surface area contributed by atoms with E-state index in [0.717, 1.165) is 63.7 Å². The molecule has 2 fully saturated rings. The van der Waals surface area contributed by atoms with E-state index in [1.165, 1.54) is 3.57 Å². The third kappa shape index (κ3) is 5.42. The Balaban J connectivity index is 0.000000278. The number of hydrogen-bond donors (Lipinski definition) is 1. The van der Waals surface area contributed by atoms with Crippen LogP contribution in [0.3, 0.4) is 0 Å². The van der Waals surface area contributed by atoms with E-state index in [-0.39, 0.29) is 5.91 Å². The number of ether oxygens (including phenoxy) is 2. The molecule has 0 spiro atoms. The van der Waals surface area contributed by atoms with Crippen molar-refractivity contribution in [1.29, 1.82) is 0 Å². The Hall–Kier alpha value is -1.16. The fourth-order valence-corrected chi connectivity index (χ4v) is 3.47. The zero-order valence-electron chi connectivity index (χ0n) is 15.0. The molecule has 0 atom stereocenters. The molecular formula is C19H26IN3O3. The molecule has 0 unspecified atom stereocenters. The van der Waals surface area contributed by atoms with Gasteiger partial charge in [0.15, 0.2) is 0 Å². The molecule has 26 heavy (non-hydrogen) atoms. The summed E-state index contributed by atoms with van der Waals surface area (Å²) in [5.41, 5.74) is 1.81. The van der Waals surface area contributed by atoms with E-state index < -0.39 is 0 Å². The quantitative estimate of drug-likeness (QED) is 0.668. The third-order valence-corrected chi connectivity index (χ3v) is 5.21. The second kappa shape index (κ2) is 10.2. The zero-order valence-corrected chi connectivity index (χ0v) is 17.1. The van der Waals surface area contributed by atoms with Crippen LogP contribution < -0.4 is 10.2 Å². The molecule has 7 heteroatoms. The van der Waals surface area contributed by atoms with Crippen molar-refractivity contribution in [2.45, 2.75) is 6.42 Å². The Labute approximate surface area is 168 Å². The number of nitrogens with one attached hydrogen (secondary N) is 1. The van der Waals surface area contributed by atoms with Crippen LogP contribution in [-0.2, 0) is 14.3 Å². The topological polar surface area (TPSA) is 54.0 Å². The summed E-state index contributed by atoms with van der Waals surface area (Å²) in [6.45, 7) is 7.60. The van der Waals surface area contributed by atoms with Crippen molar-refractivity contribution in [2.75, 3.05) is 64.1 Å². The largest absolute Gasteiger partial charge is 0.379 e. The molecule has 0 radical (unpaired) electrons. The predicted molar refractivity (Wildman–Crippen MR) is 110 cm³/mol. The van der Waals surface area contributed by atoms with Crippen molar-refractivity contribution in [3.05, 3.63) is 39.6 Å². The van der Waals surface area contributed by atoms with Crippen LogP contribution in [0.25, 0.3) is 0 Å². The number of benzene rings is 1. The fraction of sp³-hybridized carbons (Fsp3) is 0.526. The van der Waals surface area contributed by atoms with Gasteiger partial charge >= 0.3 is 0 Å². The summed E-state index contributed by atoms with van der Waals surface area (Å²) in [7, 11) is 0. The van der Waals surface area contributed by atoms with Gasteiger partial charge in [-0.25, -0.2) is 0 Å². The van der Waals surface area contributed by atoms with E-state index in [4.69, 9.17) is 9.47 Å². The van der Waals surface area contributed by atoms with E-state index in [9.17, 15) is 4.79 Å². The van der Waals surface area contributed by atoms with Crippen molar-refractivity contribution < 1.29 is 14.3 Å². The minimum atomic E-state index is 0.111. The number of morpholine rings is 2. The van der Waals surface area contributed by atoms with E-state index in [1.807, 2.05) is 29.2 Å². The average molecular weight is 471 g/mol. The number of carbonyl (C=O) groups excluding carboxylic acids is 1. The first-order chi connectivity index (χ1) is 12.8. The van der Waals surface area contributed by atoms with E-state index >= 15 is 0 Å². The van der Waals surface area contributed by atoms with Crippen LogP contribution >= 0.6 is 22.6 Å². The van der Waals surface area contributed by atoms with Crippen molar-refractivity contribution >= 4 is 34.2 Å². The molecule has 3 heterocycles. The van der Waals surface area contributed by atoms with Crippen molar-refractivity contribution in [1.82, 2.24) is 10.2 Å². The summed E-state index contributed by atoms with van der Waals surface area (Å²) in [6, 6.07) is 8.11. The second-order valence-corrected chi connectivity index (χ2v) is 7.52. The van der Waals surface area contributed by atoms with Gasteiger partial charge in [0, 0.05) is 42.0 Å². The maximum absolute atomic E-state index is 12.7. The molecule has 2 saturated heterocycles. The van der Waals surface area contributed by atoms with Crippen LogP contribution in [0.1, 0.15) is 6.42 Å². The molecule has 0 aromatic heterocycles. The van der Waals surface area contributed by atoms with Crippen molar-refractivity contribution in [2.24, 2.45) is 0 Å². The van der Waals surface area contributed by atoms with Crippen molar-refractivity contribution in [3.8, 4) is 0 Å². The maximum Gasteiger partial charge on any atom is 0.274 e. The molecule has 1 amide bonds. The number of halogens is 1. The minimum Gasteiger partial charge on any atom is -0.379 e. The minimum absolute atomic E-state index is 0.111. The van der Waals surface area contributed by atoms with E-state index in [0.29, 0.717) is 13.2 Å². The van der Waals surface area contributed by atoms with Gasteiger partial charge in [-0.2, -0.15) is 0 Å². The van der Waals surface area contributed by atoms with Gasteiger partial charge in [-0.15, -0.1) is 0 Å². The molecule has 1 N–H and O–H groups in total. The number of rotatable bonds is 2. The molecule has 1 aromatic rings. The summed E-state index contributed by atoms with van der Waals surface area (Å²) >= 11 is 2.27. The average Bonchev–Trinajstić information content (AvgIpc) is 2.71. The molecule has 0 bridgehead atoms. The van der Waals surface area contributed by atoms with Crippen LogP contribution in [0.2, 0.25) is 0 Å². The van der Waals surface area contributed by atoms with Crippen LogP contribution in [0, 0.1) is 3.57 Å². The third-order valence-electron chi connectivity index (χ3n) is 4.49. The number of hydrogen-bond acceptors (Lipinski definition) is 5. The fourth-order valence-electron chi connectivity index (χ4n) is 3.11. The maximum atomic E-state index is 12.7. The number of anilines is 1. The van der Waals surface area contributed by atoms with Crippen molar-refractivity contribution in [3.63, 3.8) is 0 Å². The highest BCUT2D eigenvalue weighted by atomic mass is 127. The lowest BCUT2D eigenvalue weighted by atomic mass is 10.1. The van der Waals surface area contributed by atoms with Gasteiger partial charge in [-0.1, -0.05) is 6.08 Å². The first-order valence-corrected chi connectivity index (χ1v) is 10.2. The smallest absolute Gasteiger partial charge is 0.274 e. The molecule has 3 aliphatic heterocycles. The SMILES string of the molecule is C1COCCN1.O=C1C(N2CCOCC2)=CCCN1c1ccc(I)cc1. The molecule has 3 aliphatic rings. The number of nitrogens with zero attached hydrogens (tertiary/aromatic N) is 2. The molecule has 142 valence electrons. The molecular weight excluding hydrogens is 445 g/mol. The Morgan fingerprint density at radius 2 is 1.58 bits per heavy atom. The lowest BCUT2D eigenvalue weighted by Gasteiger charge is -2.35. The first-order valence-electron chi connectivity index (χ1n) is 9.14. The van der Waals surface area contributed by atoms with Crippen LogP contribution in [0.15, 0.2) is 36.0 Å². The normalized spacial score (nSPS) is 21.0. The highest BCUT2D eigenvalue weighted by molar-refractivity contribution is 14.1. The second-order valence-electron chi connectivity index (χ2n) is 6.27. The van der Waals surface area contributed by atoms with Gasteiger partial charge in [0.2, 0.25) is 0 Å². The van der Waals surface area contributed by atoms with Gasteiger partial charge in [-0.05, 0) is 53.3 Å². The Morgan fingerprint density at radius 3 is 2.15 bits per heavy atom. The summed E-state index contributed by atoms with van der Waals surface area (Å²) in [5.74, 6) is 0.111. The molecule has 6 nitrogen and oxygen atoms in total. The summed E-state index contributed by atoms with van der Waals surface area (Å²) < 4.78 is 11.5. The Bertz CT molecular complexity index is 599. The lowest BCUT2D eigenvalue weighted by molar-refractivity contribution is -0.117.